The first-order chi connectivity index (χ1) is 9.22. The Hall–Kier alpha value is -1.81. The highest BCUT2D eigenvalue weighted by Gasteiger charge is 2.06. The van der Waals surface area contributed by atoms with Crippen molar-refractivity contribution < 1.29 is 13.9 Å². The summed E-state index contributed by atoms with van der Waals surface area (Å²) >= 11 is 5.84. The Morgan fingerprint density at radius 2 is 2.11 bits per heavy atom. The topological polar surface area (TPSA) is 31.4 Å². The SMILES string of the molecule is COc1ccc(CCl)c(OCc2cncc(F)c2)c1. The maximum absolute atomic E-state index is 13.0. The van der Waals surface area contributed by atoms with Gasteiger partial charge in [0.2, 0.25) is 0 Å². The predicted octanol–water partition coefficient (Wildman–Crippen LogP) is 3.55. The van der Waals surface area contributed by atoms with Gasteiger partial charge in [-0.2, -0.15) is 0 Å². The third-order valence-corrected chi connectivity index (χ3v) is 2.86. The van der Waals surface area contributed by atoms with Crippen LogP contribution in [0.2, 0.25) is 0 Å². The standard InChI is InChI=1S/C14H13ClFNO2/c1-18-13-3-2-11(6-15)14(5-13)19-9-10-4-12(16)8-17-7-10/h2-5,7-8H,6,9H2,1H3. The molecule has 0 aliphatic heterocycles. The summed E-state index contributed by atoms with van der Waals surface area (Å²) in [5.41, 5.74) is 1.51. The van der Waals surface area contributed by atoms with Crippen LogP contribution in [0.15, 0.2) is 36.7 Å². The van der Waals surface area contributed by atoms with Crippen LogP contribution in [0.1, 0.15) is 11.1 Å². The summed E-state index contributed by atoms with van der Waals surface area (Å²) in [4.78, 5) is 3.77. The minimum Gasteiger partial charge on any atom is -0.497 e. The molecule has 1 aromatic carbocycles. The van der Waals surface area contributed by atoms with Crippen molar-refractivity contribution in [1.29, 1.82) is 0 Å². The third-order valence-electron chi connectivity index (χ3n) is 2.57. The first kappa shape index (κ1) is 13.6. The number of halogens is 2. The molecule has 2 aromatic rings. The number of ether oxygens (including phenoxy) is 2. The van der Waals surface area contributed by atoms with Gasteiger partial charge in [-0.3, -0.25) is 4.98 Å². The van der Waals surface area contributed by atoms with Crippen LogP contribution in [0.25, 0.3) is 0 Å². The maximum atomic E-state index is 13.0. The molecule has 0 unspecified atom stereocenters. The van der Waals surface area contributed by atoms with Gasteiger partial charge < -0.3 is 9.47 Å². The van der Waals surface area contributed by atoms with Gasteiger partial charge in [0.1, 0.15) is 23.9 Å². The second kappa shape index (κ2) is 6.38. The van der Waals surface area contributed by atoms with Crippen LogP contribution >= 0.6 is 11.6 Å². The number of nitrogens with zero attached hydrogens (tertiary/aromatic N) is 1. The van der Waals surface area contributed by atoms with Crippen LogP contribution in [0, 0.1) is 5.82 Å². The number of rotatable bonds is 5. The molecule has 0 radical (unpaired) electrons. The molecule has 0 bridgehead atoms. The van der Waals surface area contributed by atoms with Crippen LogP contribution in [0.5, 0.6) is 11.5 Å². The molecular weight excluding hydrogens is 269 g/mol. The maximum Gasteiger partial charge on any atom is 0.141 e. The number of aromatic nitrogens is 1. The second-order valence-electron chi connectivity index (χ2n) is 3.91. The smallest absolute Gasteiger partial charge is 0.141 e. The first-order valence-corrected chi connectivity index (χ1v) is 6.21. The van der Waals surface area contributed by atoms with Crippen molar-refractivity contribution in [3.05, 3.63) is 53.6 Å². The highest BCUT2D eigenvalue weighted by molar-refractivity contribution is 6.17. The van der Waals surface area contributed by atoms with Crippen LogP contribution in [-0.4, -0.2) is 12.1 Å². The van der Waals surface area contributed by atoms with Crippen LogP contribution < -0.4 is 9.47 Å². The summed E-state index contributed by atoms with van der Waals surface area (Å²) in [5, 5.41) is 0. The monoisotopic (exact) mass is 281 g/mol. The van der Waals surface area contributed by atoms with Gasteiger partial charge in [-0.25, -0.2) is 4.39 Å². The van der Waals surface area contributed by atoms with Gasteiger partial charge in [-0.15, -0.1) is 11.6 Å². The molecule has 1 heterocycles. The largest absolute Gasteiger partial charge is 0.497 e. The van der Waals surface area contributed by atoms with E-state index in [4.69, 9.17) is 21.1 Å². The van der Waals surface area contributed by atoms with Gasteiger partial charge in [0.05, 0.1) is 19.2 Å². The lowest BCUT2D eigenvalue weighted by molar-refractivity contribution is 0.300. The molecule has 2 rings (SSSR count). The van der Waals surface area contributed by atoms with Crippen molar-refractivity contribution in [2.45, 2.75) is 12.5 Å². The van der Waals surface area contributed by atoms with Gasteiger partial charge in [-0.1, -0.05) is 6.07 Å². The lowest BCUT2D eigenvalue weighted by atomic mass is 10.2. The Labute approximate surface area is 115 Å². The number of hydrogen-bond acceptors (Lipinski definition) is 3. The summed E-state index contributed by atoms with van der Waals surface area (Å²) in [6.45, 7) is 0.224. The molecule has 19 heavy (non-hydrogen) atoms. The molecule has 0 saturated heterocycles. The van der Waals surface area contributed by atoms with E-state index in [0.29, 0.717) is 22.9 Å². The Balaban J connectivity index is 2.14. The van der Waals surface area contributed by atoms with E-state index >= 15 is 0 Å². The van der Waals surface area contributed by atoms with Crippen molar-refractivity contribution in [1.82, 2.24) is 4.98 Å². The lowest BCUT2D eigenvalue weighted by Crippen LogP contribution is -1.99. The molecule has 1 aromatic heterocycles. The molecular formula is C14H13ClFNO2. The number of benzene rings is 1. The quantitative estimate of drug-likeness (QED) is 0.786. The normalized spacial score (nSPS) is 10.3. The van der Waals surface area contributed by atoms with E-state index in [1.807, 2.05) is 12.1 Å². The summed E-state index contributed by atoms with van der Waals surface area (Å²) in [5.74, 6) is 1.25. The highest BCUT2D eigenvalue weighted by Crippen LogP contribution is 2.26. The lowest BCUT2D eigenvalue weighted by Gasteiger charge is -2.11. The molecule has 100 valence electrons. The van der Waals surface area contributed by atoms with Gasteiger partial charge >= 0.3 is 0 Å². The third kappa shape index (κ3) is 3.58. The van der Waals surface area contributed by atoms with Gasteiger partial charge in [0, 0.05) is 23.4 Å². The molecule has 3 nitrogen and oxygen atoms in total. The van der Waals surface area contributed by atoms with Crippen molar-refractivity contribution in [3.63, 3.8) is 0 Å². The molecule has 0 N–H and O–H groups in total. The highest BCUT2D eigenvalue weighted by atomic mass is 35.5. The van der Waals surface area contributed by atoms with Gasteiger partial charge in [-0.05, 0) is 12.1 Å². The molecule has 0 fully saturated rings. The van der Waals surface area contributed by atoms with Gasteiger partial charge in [0.15, 0.2) is 0 Å². The summed E-state index contributed by atoms with van der Waals surface area (Å²) in [6, 6.07) is 6.79. The molecule has 5 heteroatoms. The average Bonchev–Trinajstić information content (AvgIpc) is 2.45. The molecule has 0 atom stereocenters. The Morgan fingerprint density at radius 3 is 2.79 bits per heavy atom. The Kier molecular flexibility index (Phi) is 4.58. The molecule has 0 aliphatic rings. The molecule has 0 saturated carbocycles. The summed E-state index contributed by atoms with van der Waals surface area (Å²) in [7, 11) is 1.58. The fraction of sp³-hybridized carbons (Fsp3) is 0.214. The van der Waals surface area contributed by atoms with E-state index in [-0.39, 0.29) is 12.4 Å². The predicted molar refractivity (Wildman–Crippen MR) is 71.1 cm³/mol. The van der Waals surface area contributed by atoms with E-state index in [0.717, 1.165) is 11.8 Å². The fourth-order valence-electron chi connectivity index (χ4n) is 1.60. The number of hydrogen-bond donors (Lipinski definition) is 0. The van der Waals surface area contributed by atoms with Crippen LogP contribution in [0.4, 0.5) is 4.39 Å². The molecule has 0 spiro atoms. The molecule has 0 aliphatic carbocycles. The second-order valence-corrected chi connectivity index (χ2v) is 4.17. The zero-order valence-electron chi connectivity index (χ0n) is 10.4. The summed E-state index contributed by atoms with van der Waals surface area (Å²) < 4.78 is 23.8. The number of pyridine rings is 1. The number of methoxy groups -OCH3 is 1. The van der Waals surface area contributed by atoms with E-state index in [9.17, 15) is 4.39 Å². The zero-order chi connectivity index (χ0) is 13.7. The van der Waals surface area contributed by atoms with Gasteiger partial charge in [0.25, 0.3) is 0 Å². The minimum atomic E-state index is -0.385. The van der Waals surface area contributed by atoms with E-state index in [1.165, 1.54) is 6.07 Å². The number of alkyl halides is 1. The van der Waals surface area contributed by atoms with Crippen molar-refractivity contribution in [3.8, 4) is 11.5 Å². The Bertz CT molecular complexity index is 563. The van der Waals surface area contributed by atoms with Crippen molar-refractivity contribution >= 4 is 11.6 Å². The fourth-order valence-corrected chi connectivity index (χ4v) is 1.82. The molecule has 0 amide bonds. The van der Waals surface area contributed by atoms with Crippen molar-refractivity contribution in [2.24, 2.45) is 0 Å². The van der Waals surface area contributed by atoms with Crippen LogP contribution in [0.3, 0.4) is 0 Å². The Morgan fingerprint density at radius 1 is 1.26 bits per heavy atom. The zero-order valence-corrected chi connectivity index (χ0v) is 11.2. The van der Waals surface area contributed by atoms with E-state index < -0.39 is 0 Å². The van der Waals surface area contributed by atoms with E-state index in [1.54, 1.807) is 19.4 Å². The van der Waals surface area contributed by atoms with E-state index in [2.05, 4.69) is 4.98 Å². The van der Waals surface area contributed by atoms with Crippen LogP contribution in [-0.2, 0) is 12.5 Å². The first-order valence-electron chi connectivity index (χ1n) is 5.68. The van der Waals surface area contributed by atoms with Crippen molar-refractivity contribution in [2.75, 3.05) is 7.11 Å². The summed E-state index contributed by atoms with van der Waals surface area (Å²) in [6.07, 6.45) is 2.71. The average molecular weight is 282 g/mol. The minimum absolute atomic E-state index is 0.224.